The van der Waals surface area contributed by atoms with Gasteiger partial charge in [-0.05, 0) is 84.0 Å². The monoisotopic (exact) mass is 602 g/mol. The molecule has 0 spiro atoms. The number of hydrogen-bond acceptors (Lipinski definition) is 4. The summed E-state index contributed by atoms with van der Waals surface area (Å²) in [6, 6.07) is 27.3. The Hall–Kier alpha value is -4.21. The van der Waals surface area contributed by atoms with Crippen molar-refractivity contribution in [3.05, 3.63) is 120 Å². The maximum absolute atomic E-state index is 13.9. The van der Waals surface area contributed by atoms with E-state index >= 15 is 0 Å². The zero-order valence-corrected chi connectivity index (χ0v) is 24.0. The van der Waals surface area contributed by atoms with Crippen molar-refractivity contribution in [3.63, 3.8) is 0 Å². The van der Waals surface area contributed by atoms with E-state index in [-0.39, 0.29) is 10.4 Å². The first kappa shape index (κ1) is 28.9. The van der Waals surface area contributed by atoms with Crippen LogP contribution in [0.4, 0.5) is 13.2 Å². The van der Waals surface area contributed by atoms with E-state index in [2.05, 4.69) is 4.98 Å². The van der Waals surface area contributed by atoms with E-state index in [4.69, 9.17) is 4.74 Å². The van der Waals surface area contributed by atoms with Crippen LogP contribution in [0.25, 0.3) is 22.0 Å². The van der Waals surface area contributed by atoms with Crippen LogP contribution in [0.1, 0.15) is 36.0 Å². The minimum absolute atomic E-state index is 0.112. The van der Waals surface area contributed by atoms with Crippen LogP contribution < -0.4 is 4.74 Å². The molecule has 0 unspecified atom stereocenters. The average molecular weight is 603 g/mol. The topological polar surface area (TPSA) is 59.5 Å². The van der Waals surface area contributed by atoms with Crippen LogP contribution in [0.3, 0.4) is 0 Å². The summed E-state index contributed by atoms with van der Waals surface area (Å²) in [6.07, 6.45) is 0.193. The number of halogens is 3. The van der Waals surface area contributed by atoms with Gasteiger partial charge in [-0.2, -0.15) is 17.5 Å². The summed E-state index contributed by atoms with van der Waals surface area (Å²) >= 11 is 0. The molecule has 0 bridgehead atoms. The first-order valence-corrected chi connectivity index (χ1v) is 15.5. The quantitative estimate of drug-likeness (QED) is 0.188. The van der Waals surface area contributed by atoms with E-state index in [1.807, 2.05) is 36.4 Å². The number of rotatable bonds is 7. The predicted octanol–water partition coefficient (Wildman–Crippen LogP) is 8.48. The van der Waals surface area contributed by atoms with Crippen LogP contribution in [0, 0.1) is 0 Å². The highest BCUT2D eigenvalue weighted by atomic mass is 32.2. The lowest BCUT2D eigenvalue weighted by Crippen LogP contribution is -2.35. The molecule has 6 rings (SSSR count). The Kier molecular flexibility index (Phi) is 7.94. The molecule has 0 saturated carbocycles. The predicted molar refractivity (Wildman–Crippen MR) is 161 cm³/mol. The number of hydrogen-bond donors (Lipinski definition) is 0. The summed E-state index contributed by atoms with van der Waals surface area (Å²) in [4.78, 5) is 4.49. The molecule has 220 valence electrons. The first-order valence-electron chi connectivity index (χ1n) is 14.1. The second-order valence-corrected chi connectivity index (χ2v) is 12.5. The molecule has 1 aliphatic heterocycles. The van der Waals surface area contributed by atoms with E-state index in [0.717, 1.165) is 36.5 Å². The standard InChI is InChI=1S/C34H29F3N2O3S/c35-34(36,37)31-14-8-13-30-32(26(23-38-33(30)31)21-24-9-3-1-4-10-24)25-11-7-12-28(22-25)42-27-15-17-29(18-16-27)43(40,41)39-19-5-2-6-20-39/h1,3-4,7-18,22-23H,2,5-6,19-21H2. The number of benzene rings is 4. The number of pyridine rings is 1. The summed E-state index contributed by atoms with van der Waals surface area (Å²) in [5.41, 5.74) is 2.21. The van der Waals surface area contributed by atoms with E-state index in [1.54, 1.807) is 36.4 Å². The third-order valence-corrected chi connectivity index (χ3v) is 9.57. The van der Waals surface area contributed by atoms with Gasteiger partial charge in [-0.15, -0.1) is 0 Å². The molecule has 0 atom stereocenters. The maximum Gasteiger partial charge on any atom is 0.418 e. The van der Waals surface area contributed by atoms with E-state index in [9.17, 15) is 21.6 Å². The Morgan fingerprint density at radius 3 is 2.23 bits per heavy atom. The maximum atomic E-state index is 13.9. The third kappa shape index (κ3) is 6.14. The van der Waals surface area contributed by atoms with Gasteiger partial charge in [0.15, 0.2) is 0 Å². The van der Waals surface area contributed by atoms with Crippen LogP contribution in [-0.4, -0.2) is 30.8 Å². The lowest BCUT2D eigenvalue weighted by atomic mass is 9.92. The zero-order chi connectivity index (χ0) is 30.0. The van der Waals surface area contributed by atoms with Crippen molar-refractivity contribution in [1.29, 1.82) is 0 Å². The summed E-state index contributed by atoms with van der Waals surface area (Å²) in [5, 5.41) is 0.396. The molecule has 5 aromatic rings. The summed E-state index contributed by atoms with van der Waals surface area (Å²) in [5.74, 6) is 0.907. The number of sulfonamides is 1. The molecule has 1 aromatic heterocycles. The smallest absolute Gasteiger partial charge is 0.418 e. The van der Waals surface area contributed by atoms with Crippen molar-refractivity contribution in [2.75, 3.05) is 13.1 Å². The fourth-order valence-electron chi connectivity index (χ4n) is 5.57. The van der Waals surface area contributed by atoms with Crippen molar-refractivity contribution in [2.45, 2.75) is 36.8 Å². The highest BCUT2D eigenvalue weighted by Gasteiger charge is 2.34. The van der Waals surface area contributed by atoms with E-state index in [0.29, 0.717) is 47.5 Å². The molecule has 2 heterocycles. The van der Waals surface area contributed by atoms with Gasteiger partial charge in [-0.3, -0.25) is 4.98 Å². The van der Waals surface area contributed by atoms with Crippen LogP contribution in [0.2, 0.25) is 0 Å². The van der Waals surface area contributed by atoms with Crippen LogP contribution in [-0.2, 0) is 22.6 Å². The van der Waals surface area contributed by atoms with Crippen molar-refractivity contribution >= 4 is 20.9 Å². The minimum Gasteiger partial charge on any atom is -0.457 e. The van der Waals surface area contributed by atoms with E-state index < -0.39 is 21.8 Å². The molecule has 0 amide bonds. The zero-order valence-electron chi connectivity index (χ0n) is 23.2. The molecule has 0 aliphatic carbocycles. The van der Waals surface area contributed by atoms with Gasteiger partial charge < -0.3 is 4.74 Å². The SMILES string of the molecule is O=S(=O)(c1ccc(Oc2cccc(-c3c(Cc4ccccc4)cnc4c(C(F)(F)F)cccc34)c2)cc1)N1CCCCC1. The Bertz CT molecular complexity index is 1850. The lowest BCUT2D eigenvalue weighted by Gasteiger charge is -2.25. The van der Waals surface area contributed by atoms with Crippen molar-refractivity contribution in [1.82, 2.24) is 9.29 Å². The van der Waals surface area contributed by atoms with Gasteiger partial charge in [-0.1, -0.05) is 61.0 Å². The fourth-order valence-corrected chi connectivity index (χ4v) is 7.09. The second-order valence-electron chi connectivity index (χ2n) is 10.6. The Morgan fingerprint density at radius 1 is 0.791 bits per heavy atom. The molecule has 1 saturated heterocycles. The van der Waals surface area contributed by atoms with E-state index in [1.165, 1.54) is 28.7 Å². The first-order chi connectivity index (χ1) is 20.7. The molecule has 4 aromatic carbocycles. The van der Waals surface area contributed by atoms with Gasteiger partial charge in [0.05, 0.1) is 16.0 Å². The van der Waals surface area contributed by atoms with Crippen molar-refractivity contribution < 1.29 is 26.3 Å². The second kappa shape index (κ2) is 11.8. The number of piperidine rings is 1. The van der Waals surface area contributed by atoms with Gasteiger partial charge in [0.1, 0.15) is 11.5 Å². The molecule has 43 heavy (non-hydrogen) atoms. The summed E-state index contributed by atoms with van der Waals surface area (Å²) in [7, 11) is -3.57. The van der Waals surface area contributed by atoms with Gasteiger partial charge in [0, 0.05) is 24.7 Å². The number of ether oxygens (including phenoxy) is 1. The van der Waals surface area contributed by atoms with Gasteiger partial charge >= 0.3 is 6.18 Å². The summed E-state index contributed by atoms with van der Waals surface area (Å²) in [6.45, 7) is 1.04. The Labute approximate surface area is 248 Å². The fraction of sp³-hybridized carbons (Fsp3) is 0.206. The number of para-hydroxylation sites is 1. The highest BCUT2D eigenvalue weighted by molar-refractivity contribution is 7.89. The average Bonchev–Trinajstić information content (AvgIpc) is 3.01. The van der Waals surface area contributed by atoms with Crippen molar-refractivity contribution in [2.24, 2.45) is 0 Å². The molecule has 5 nitrogen and oxygen atoms in total. The molecular weight excluding hydrogens is 573 g/mol. The highest BCUT2D eigenvalue weighted by Crippen LogP contribution is 2.40. The number of aromatic nitrogens is 1. The number of nitrogens with zero attached hydrogens (tertiary/aromatic N) is 2. The molecule has 9 heteroatoms. The normalized spacial score (nSPS) is 14.6. The van der Waals surface area contributed by atoms with Gasteiger partial charge in [0.2, 0.25) is 10.0 Å². The van der Waals surface area contributed by atoms with Gasteiger partial charge in [0.25, 0.3) is 0 Å². The molecule has 0 radical (unpaired) electrons. The number of alkyl halides is 3. The third-order valence-electron chi connectivity index (χ3n) is 7.65. The largest absolute Gasteiger partial charge is 0.457 e. The summed E-state index contributed by atoms with van der Waals surface area (Å²) < 4.78 is 75.4. The molecule has 0 N–H and O–H groups in total. The Morgan fingerprint density at radius 2 is 1.51 bits per heavy atom. The number of fused-ring (bicyclic) bond motifs is 1. The van der Waals surface area contributed by atoms with Gasteiger partial charge in [-0.25, -0.2) is 8.42 Å². The Balaban J connectivity index is 1.36. The minimum atomic E-state index is -4.55. The molecule has 1 aliphatic rings. The van der Waals surface area contributed by atoms with Crippen LogP contribution in [0.15, 0.2) is 108 Å². The van der Waals surface area contributed by atoms with Crippen molar-refractivity contribution in [3.8, 4) is 22.6 Å². The van der Waals surface area contributed by atoms with Crippen LogP contribution in [0.5, 0.6) is 11.5 Å². The molecule has 1 fully saturated rings. The molecular formula is C34H29F3N2O3S. The van der Waals surface area contributed by atoms with Crippen LogP contribution >= 0.6 is 0 Å². The lowest BCUT2D eigenvalue weighted by molar-refractivity contribution is -0.136.